The molecule has 3 aromatic rings. The number of rotatable bonds is 3. The molecule has 4 rings (SSSR count). The number of nitriles is 1. The van der Waals surface area contributed by atoms with Crippen molar-refractivity contribution in [2.45, 2.75) is 13.0 Å². The summed E-state index contributed by atoms with van der Waals surface area (Å²) in [6, 6.07) is 18.8. The number of hydrogen-bond acceptors (Lipinski definition) is 5. The quantitative estimate of drug-likeness (QED) is 0.780. The number of aromatic nitrogens is 2. The monoisotopic (exact) mass is 355 g/mol. The van der Waals surface area contributed by atoms with Crippen molar-refractivity contribution in [2.75, 3.05) is 16.8 Å². The molecule has 2 aromatic carbocycles. The highest BCUT2D eigenvalue weighted by molar-refractivity contribution is 6.03. The zero-order valence-electron chi connectivity index (χ0n) is 14.6. The number of carbonyl (C=O) groups is 1. The van der Waals surface area contributed by atoms with Crippen molar-refractivity contribution >= 4 is 17.5 Å². The van der Waals surface area contributed by atoms with Crippen molar-refractivity contribution in [3.8, 4) is 6.07 Å². The zero-order valence-corrected chi connectivity index (χ0v) is 14.6. The van der Waals surface area contributed by atoms with Crippen molar-refractivity contribution in [3.63, 3.8) is 0 Å². The molecule has 132 valence electrons. The molecule has 0 spiro atoms. The molecule has 0 unspecified atom stereocenters. The van der Waals surface area contributed by atoms with E-state index >= 15 is 0 Å². The molecule has 0 radical (unpaired) electrons. The van der Waals surface area contributed by atoms with Gasteiger partial charge >= 0.3 is 0 Å². The summed E-state index contributed by atoms with van der Waals surface area (Å²) < 4.78 is 0. The second-order valence-corrected chi connectivity index (χ2v) is 6.33. The van der Waals surface area contributed by atoms with Crippen molar-refractivity contribution in [1.82, 2.24) is 9.97 Å². The van der Waals surface area contributed by atoms with Gasteiger partial charge in [-0.15, -0.1) is 0 Å². The maximum atomic E-state index is 12.5. The van der Waals surface area contributed by atoms with Gasteiger partial charge in [-0.1, -0.05) is 30.3 Å². The van der Waals surface area contributed by atoms with Crippen LogP contribution in [0.25, 0.3) is 0 Å². The van der Waals surface area contributed by atoms with Crippen LogP contribution in [0.4, 0.5) is 11.6 Å². The summed E-state index contributed by atoms with van der Waals surface area (Å²) in [7, 11) is 0. The molecule has 0 aliphatic carbocycles. The average molecular weight is 355 g/mol. The number of carbonyl (C=O) groups excluding carboxylic acids is 1. The first-order chi connectivity index (χ1) is 13.2. The summed E-state index contributed by atoms with van der Waals surface area (Å²) in [4.78, 5) is 23.4. The SMILES string of the molecule is N#Cc1cccc(NC(=O)c2ccnc(N3CCc4ccccc4C3)n2)c1. The van der Waals surface area contributed by atoms with Crippen LogP contribution in [0.1, 0.15) is 27.2 Å². The van der Waals surface area contributed by atoms with Crippen LogP contribution in [0, 0.1) is 11.3 Å². The lowest BCUT2D eigenvalue weighted by atomic mass is 10.0. The minimum Gasteiger partial charge on any atom is -0.336 e. The summed E-state index contributed by atoms with van der Waals surface area (Å²) in [5.41, 5.74) is 3.95. The van der Waals surface area contributed by atoms with E-state index in [-0.39, 0.29) is 5.91 Å². The topological polar surface area (TPSA) is 81.9 Å². The van der Waals surface area contributed by atoms with Crippen LogP contribution < -0.4 is 10.2 Å². The predicted octanol–water partition coefficient (Wildman–Crippen LogP) is 3.16. The van der Waals surface area contributed by atoms with E-state index in [0.29, 0.717) is 22.9 Å². The molecule has 2 heterocycles. The lowest BCUT2D eigenvalue weighted by molar-refractivity contribution is 0.102. The highest BCUT2D eigenvalue weighted by Gasteiger charge is 2.19. The Morgan fingerprint density at radius 1 is 1.11 bits per heavy atom. The molecule has 0 bridgehead atoms. The summed E-state index contributed by atoms with van der Waals surface area (Å²) in [6.07, 6.45) is 2.53. The maximum Gasteiger partial charge on any atom is 0.274 e. The summed E-state index contributed by atoms with van der Waals surface area (Å²) in [5.74, 6) is 0.217. The third kappa shape index (κ3) is 3.62. The first kappa shape index (κ1) is 16.7. The van der Waals surface area contributed by atoms with Gasteiger partial charge in [0.1, 0.15) is 5.69 Å². The standard InChI is InChI=1S/C21H17N5O/c22-13-15-4-3-7-18(12-15)24-20(27)19-8-10-23-21(25-19)26-11-9-16-5-1-2-6-17(16)14-26/h1-8,10,12H,9,11,14H2,(H,24,27). The van der Waals surface area contributed by atoms with E-state index in [4.69, 9.17) is 5.26 Å². The van der Waals surface area contributed by atoms with Crippen molar-refractivity contribution in [2.24, 2.45) is 0 Å². The Morgan fingerprint density at radius 2 is 1.96 bits per heavy atom. The van der Waals surface area contributed by atoms with Crippen molar-refractivity contribution in [3.05, 3.63) is 83.2 Å². The molecular formula is C21H17N5O. The second kappa shape index (κ2) is 7.26. The molecule has 6 nitrogen and oxygen atoms in total. The summed E-state index contributed by atoms with van der Waals surface area (Å²) in [5, 5.41) is 11.8. The number of hydrogen-bond donors (Lipinski definition) is 1. The molecule has 1 aliphatic heterocycles. The first-order valence-corrected chi connectivity index (χ1v) is 8.69. The first-order valence-electron chi connectivity index (χ1n) is 8.69. The highest BCUT2D eigenvalue weighted by atomic mass is 16.1. The highest BCUT2D eigenvalue weighted by Crippen LogP contribution is 2.22. The van der Waals surface area contributed by atoms with E-state index in [1.807, 2.05) is 6.07 Å². The maximum absolute atomic E-state index is 12.5. The van der Waals surface area contributed by atoms with Gasteiger partial charge in [-0.2, -0.15) is 5.26 Å². The van der Waals surface area contributed by atoms with E-state index in [2.05, 4.69) is 44.5 Å². The number of nitrogens with zero attached hydrogens (tertiary/aromatic N) is 4. The molecule has 0 fully saturated rings. The van der Waals surface area contributed by atoms with Crippen LogP contribution in [0.3, 0.4) is 0 Å². The molecular weight excluding hydrogens is 338 g/mol. The van der Waals surface area contributed by atoms with E-state index in [1.54, 1.807) is 36.5 Å². The van der Waals surface area contributed by atoms with E-state index in [1.165, 1.54) is 11.1 Å². The lowest BCUT2D eigenvalue weighted by Gasteiger charge is -2.28. The van der Waals surface area contributed by atoms with Gasteiger partial charge in [-0.3, -0.25) is 4.79 Å². The molecule has 1 N–H and O–H groups in total. The van der Waals surface area contributed by atoms with Gasteiger partial charge in [0.05, 0.1) is 11.6 Å². The van der Waals surface area contributed by atoms with Crippen LogP contribution in [0.5, 0.6) is 0 Å². The number of amides is 1. The van der Waals surface area contributed by atoms with Crippen molar-refractivity contribution < 1.29 is 4.79 Å². The molecule has 27 heavy (non-hydrogen) atoms. The Morgan fingerprint density at radius 3 is 2.81 bits per heavy atom. The van der Waals surface area contributed by atoms with Crippen LogP contribution in [-0.4, -0.2) is 22.4 Å². The molecule has 1 amide bonds. The molecule has 1 aromatic heterocycles. The minimum atomic E-state index is -0.328. The molecule has 1 aliphatic rings. The van der Waals surface area contributed by atoms with Gasteiger partial charge in [0.25, 0.3) is 5.91 Å². The van der Waals surface area contributed by atoms with Crippen LogP contribution in [0.15, 0.2) is 60.8 Å². The van der Waals surface area contributed by atoms with Gasteiger partial charge in [-0.05, 0) is 41.8 Å². The third-order valence-corrected chi connectivity index (χ3v) is 4.54. The number of fused-ring (bicyclic) bond motifs is 1. The lowest BCUT2D eigenvalue weighted by Crippen LogP contribution is -2.32. The van der Waals surface area contributed by atoms with Gasteiger partial charge in [-0.25, -0.2) is 9.97 Å². The van der Waals surface area contributed by atoms with Crippen LogP contribution >= 0.6 is 0 Å². The Labute approximate surface area is 157 Å². The molecule has 6 heteroatoms. The zero-order chi connectivity index (χ0) is 18.6. The second-order valence-electron chi connectivity index (χ2n) is 6.33. The average Bonchev–Trinajstić information content (AvgIpc) is 2.73. The normalized spacial score (nSPS) is 12.8. The van der Waals surface area contributed by atoms with Gasteiger partial charge < -0.3 is 10.2 Å². The number of nitrogens with one attached hydrogen (secondary N) is 1. The fraction of sp³-hybridized carbons (Fsp3) is 0.143. The fourth-order valence-electron chi connectivity index (χ4n) is 3.16. The fourth-order valence-corrected chi connectivity index (χ4v) is 3.16. The summed E-state index contributed by atoms with van der Waals surface area (Å²) >= 11 is 0. The molecule has 0 saturated heterocycles. The van der Waals surface area contributed by atoms with E-state index in [0.717, 1.165) is 19.5 Å². The Bertz CT molecular complexity index is 1040. The van der Waals surface area contributed by atoms with Gasteiger partial charge in [0, 0.05) is 25.0 Å². The smallest absolute Gasteiger partial charge is 0.274 e. The third-order valence-electron chi connectivity index (χ3n) is 4.54. The largest absolute Gasteiger partial charge is 0.336 e. The minimum absolute atomic E-state index is 0.293. The van der Waals surface area contributed by atoms with Crippen LogP contribution in [-0.2, 0) is 13.0 Å². The van der Waals surface area contributed by atoms with Crippen LogP contribution in [0.2, 0.25) is 0 Å². The Balaban J connectivity index is 1.52. The molecule has 0 atom stereocenters. The Kier molecular flexibility index (Phi) is 4.50. The number of anilines is 2. The Hall–Kier alpha value is -3.72. The van der Waals surface area contributed by atoms with Crippen molar-refractivity contribution in [1.29, 1.82) is 5.26 Å². The number of benzene rings is 2. The summed E-state index contributed by atoms with van der Waals surface area (Å²) in [6.45, 7) is 1.54. The molecule has 0 saturated carbocycles. The van der Waals surface area contributed by atoms with Gasteiger partial charge in [0.2, 0.25) is 5.95 Å². The van der Waals surface area contributed by atoms with Gasteiger partial charge in [0.15, 0.2) is 0 Å². The van der Waals surface area contributed by atoms with E-state index < -0.39 is 0 Å². The van der Waals surface area contributed by atoms with E-state index in [9.17, 15) is 4.79 Å². The predicted molar refractivity (Wildman–Crippen MR) is 102 cm³/mol.